The van der Waals surface area contributed by atoms with Gasteiger partial charge in [0.2, 0.25) is 11.5 Å². The van der Waals surface area contributed by atoms with Crippen molar-refractivity contribution < 1.29 is 9.59 Å². The number of nitrogens with zero attached hydrogens (tertiary/aromatic N) is 1. The summed E-state index contributed by atoms with van der Waals surface area (Å²) in [7, 11) is 0. The maximum absolute atomic E-state index is 12.8. The number of benzene rings is 2. The predicted octanol–water partition coefficient (Wildman–Crippen LogP) is 3.22. The molecule has 3 aromatic rings. The molecule has 2 N–H and O–H groups in total. The smallest absolute Gasteiger partial charge is 0.256 e. The van der Waals surface area contributed by atoms with E-state index in [-0.39, 0.29) is 17.4 Å². The number of carbonyl (C=O) groups excluding carboxylic acids is 2. The van der Waals surface area contributed by atoms with Crippen molar-refractivity contribution in [1.82, 2.24) is 4.98 Å². The lowest BCUT2D eigenvalue weighted by molar-refractivity contribution is -0.117. The van der Waals surface area contributed by atoms with Gasteiger partial charge in [-0.3, -0.25) is 14.4 Å². The van der Waals surface area contributed by atoms with Crippen molar-refractivity contribution in [2.45, 2.75) is 19.8 Å². The number of hydrogen-bond acceptors (Lipinski definition) is 3. The van der Waals surface area contributed by atoms with Crippen LogP contribution in [0.4, 0.5) is 11.4 Å². The second-order valence-corrected chi connectivity index (χ2v) is 6.70. The Bertz CT molecular complexity index is 1120. The number of anilines is 2. The van der Waals surface area contributed by atoms with Crippen LogP contribution in [0.1, 0.15) is 28.8 Å². The minimum atomic E-state index is -0.346. The highest BCUT2D eigenvalue weighted by molar-refractivity contribution is 6.12. The van der Waals surface area contributed by atoms with Gasteiger partial charge in [-0.2, -0.15) is 0 Å². The fourth-order valence-corrected chi connectivity index (χ4v) is 3.53. The average molecular weight is 361 g/mol. The summed E-state index contributed by atoms with van der Waals surface area (Å²) in [5.41, 5.74) is 3.03. The molecule has 1 aromatic heterocycles. The molecule has 0 atom stereocenters. The van der Waals surface area contributed by atoms with Crippen LogP contribution in [0.25, 0.3) is 10.9 Å². The van der Waals surface area contributed by atoms with E-state index in [1.807, 2.05) is 31.2 Å². The van der Waals surface area contributed by atoms with Gasteiger partial charge in [-0.25, -0.2) is 0 Å². The summed E-state index contributed by atoms with van der Waals surface area (Å²) in [6, 6.07) is 14.0. The van der Waals surface area contributed by atoms with Crippen molar-refractivity contribution in [2.75, 3.05) is 16.8 Å². The summed E-state index contributed by atoms with van der Waals surface area (Å²) in [6.45, 7) is 2.64. The summed E-state index contributed by atoms with van der Waals surface area (Å²) in [6.07, 6.45) is 1.44. The fraction of sp³-hybridized carbons (Fsp3) is 0.190. The van der Waals surface area contributed by atoms with Crippen LogP contribution in [0, 0.1) is 6.92 Å². The second-order valence-electron chi connectivity index (χ2n) is 6.70. The number of aryl methyl sites for hydroxylation is 1. The van der Waals surface area contributed by atoms with Gasteiger partial charge in [0.15, 0.2) is 0 Å². The summed E-state index contributed by atoms with van der Waals surface area (Å²) in [5, 5.41) is 3.54. The number of carbonyl (C=O) groups is 2. The number of aromatic nitrogens is 1. The first-order valence-corrected chi connectivity index (χ1v) is 8.87. The molecule has 0 unspecified atom stereocenters. The Kier molecular flexibility index (Phi) is 4.24. The molecule has 0 spiro atoms. The largest absolute Gasteiger partial charge is 0.322 e. The molecule has 2 heterocycles. The highest BCUT2D eigenvalue weighted by atomic mass is 16.2. The van der Waals surface area contributed by atoms with E-state index in [2.05, 4.69) is 10.3 Å². The number of pyridine rings is 1. The molecule has 0 aliphatic carbocycles. The monoisotopic (exact) mass is 361 g/mol. The summed E-state index contributed by atoms with van der Waals surface area (Å²) in [4.78, 5) is 41.1. The molecule has 2 amide bonds. The Labute approximate surface area is 155 Å². The maximum Gasteiger partial charge on any atom is 0.256 e. The van der Waals surface area contributed by atoms with Gasteiger partial charge in [-0.15, -0.1) is 0 Å². The van der Waals surface area contributed by atoms with Gasteiger partial charge in [-0.1, -0.05) is 18.2 Å². The van der Waals surface area contributed by atoms with E-state index < -0.39 is 0 Å². The van der Waals surface area contributed by atoms with Crippen molar-refractivity contribution in [2.24, 2.45) is 0 Å². The lowest BCUT2D eigenvalue weighted by Gasteiger charge is -2.19. The molecular weight excluding hydrogens is 342 g/mol. The molecule has 0 radical (unpaired) electrons. The van der Waals surface area contributed by atoms with E-state index in [0.29, 0.717) is 28.6 Å². The standard InChI is InChI=1S/C21H19N3O3/c1-13-11-14(8-9-18(13)24-10-4-7-20(24)26)22-21(27)16-12-19(25)23-17-6-3-2-5-15(16)17/h2-3,5-6,8-9,11-12H,4,7,10H2,1H3,(H,22,27)(H,23,25). The summed E-state index contributed by atoms with van der Waals surface area (Å²) < 4.78 is 0. The zero-order valence-electron chi connectivity index (χ0n) is 14.9. The first-order chi connectivity index (χ1) is 13.0. The minimum Gasteiger partial charge on any atom is -0.322 e. The van der Waals surface area contributed by atoms with Gasteiger partial charge in [-0.05, 0) is 43.2 Å². The molecule has 1 aliphatic heterocycles. The van der Waals surface area contributed by atoms with Gasteiger partial charge in [0.05, 0.1) is 5.56 Å². The second kappa shape index (κ2) is 6.72. The summed E-state index contributed by atoms with van der Waals surface area (Å²) in [5.74, 6) is -0.216. The van der Waals surface area contributed by atoms with Crippen molar-refractivity contribution in [1.29, 1.82) is 0 Å². The summed E-state index contributed by atoms with van der Waals surface area (Å²) >= 11 is 0. The first-order valence-electron chi connectivity index (χ1n) is 8.87. The number of H-pyrrole nitrogens is 1. The molecule has 136 valence electrons. The molecule has 0 bridgehead atoms. The van der Waals surface area contributed by atoms with E-state index in [4.69, 9.17) is 0 Å². The number of amides is 2. The van der Waals surface area contributed by atoms with E-state index in [1.54, 1.807) is 23.1 Å². The number of para-hydroxylation sites is 1. The Morgan fingerprint density at radius 2 is 1.93 bits per heavy atom. The molecule has 0 saturated carbocycles. The van der Waals surface area contributed by atoms with Crippen LogP contribution < -0.4 is 15.8 Å². The number of rotatable bonds is 3. The Hall–Kier alpha value is -3.41. The molecule has 1 fully saturated rings. The fourth-order valence-electron chi connectivity index (χ4n) is 3.53. The van der Waals surface area contributed by atoms with Crippen LogP contribution >= 0.6 is 0 Å². The van der Waals surface area contributed by atoms with Gasteiger partial charge in [0.1, 0.15) is 0 Å². The zero-order chi connectivity index (χ0) is 19.0. The van der Waals surface area contributed by atoms with E-state index >= 15 is 0 Å². The molecule has 6 heteroatoms. The van der Waals surface area contributed by atoms with Crippen LogP contribution in [0.3, 0.4) is 0 Å². The average Bonchev–Trinajstić information content (AvgIpc) is 3.07. The van der Waals surface area contributed by atoms with Gasteiger partial charge in [0, 0.05) is 41.3 Å². The van der Waals surface area contributed by atoms with E-state index in [1.165, 1.54) is 6.07 Å². The molecule has 1 saturated heterocycles. The zero-order valence-corrected chi connectivity index (χ0v) is 14.9. The van der Waals surface area contributed by atoms with Crippen molar-refractivity contribution >= 4 is 34.1 Å². The minimum absolute atomic E-state index is 0.130. The Morgan fingerprint density at radius 3 is 2.67 bits per heavy atom. The topological polar surface area (TPSA) is 82.3 Å². The number of fused-ring (bicyclic) bond motifs is 1. The Balaban J connectivity index is 1.63. The molecule has 1 aliphatic rings. The third-order valence-electron chi connectivity index (χ3n) is 4.81. The van der Waals surface area contributed by atoms with Crippen LogP contribution in [0.5, 0.6) is 0 Å². The highest BCUT2D eigenvalue weighted by Crippen LogP contribution is 2.28. The normalized spacial score (nSPS) is 14.0. The van der Waals surface area contributed by atoms with Crippen LogP contribution in [0.15, 0.2) is 53.3 Å². The van der Waals surface area contributed by atoms with E-state index in [0.717, 1.165) is 24.2 Å². The number of nitrogens with one attached hydrogen (secondary N) is 2. The van der Waals surface area contributed by atoms with Crippen molar-refractivity contribution in [3.63, 3.8) is 0 Å². The SMILES string of the molecule is Cc1cc(NC(=O)c2cc(=O)[nH]c3ccccc23)ccc1N1CCCC1=O. The van der Waals surface area contributed by atoms with Crippen molar-refractivity contribution in [3.8, 4) is 0 Å². The molecular formula is C21H19N3O3. The lowest BCUT2D eigenvalue weighted by atomic mass is 10.1. The quantitative estimate of drug-likeness (QED) is 0.751. The first kappa shape index (κ1) is 17.0. The van der Waals surface area contributed by atoms with Gasteiger partial charge < -0.3 is 15.2 Å². The lowest BCUT2D eigenvalue weighted by Crippen LogP contribution is -2.24. The van der Waals surface area contributed by atoms with Crippen LogP contribution in [0.2, 0.25) is 0 Å². The molecule has 4 rings (SSSR count). The number of aromatic amines is 1. The van der Waals surface area contributed by atoms with Crippen LogP contribution in [-0.4, -0.2) is 23.3 Å². The third kappa shape index (κ3) is 3.21. The van der Waals surface area contributed by atoms with Gasteiger partial charge in [0.25, 0.3) is 5.91 Å². The molecule has 6 nitrogen and oxygen atoms in total. The van der Waals surface area contributed by atoms with E-state index in [9.17, 15) is 14.4 Å². The molecule has 27 heavy (non-hydrogen) atoms. The molecule has 2 aromatic carbocycles. The Morgan fingerprint density at radius 1 is 1.11 bits per heavy atom. The highest BCUT2D eigenvalue weighted by Gasteiger charge is 2.23. The predicted molar refractivity (Wildman–Crippen MR) is 105 cm³/mol. The third-order valence-corrected chi connectivity index (χ3v) is 4.81. The van der Waals surface area contributed by atoms with Crippen LogP contribution in [-0.2, 0) is 4.79 Å². The maximum atomic E-state index is 12.8. The van der Waals surface area contributed by atoms with Gasteiger partial charge >= 0.3 is 0 Å². The number of hydrogen-bond donors (Lipinski definition) is 2. The van der Waals surface area contributed by atoms with Crippen molar-refractivity contribution in [3.05, 3.63) is 70.0 Å².